The number of fused-ring (bicyclic) bond motifs is 3. The van der Waals surface area contributed by atoms with Crippen LogP contribution >= 0.6 is 0 Å². The fraction of sp³-hybridized carbons (Fsp3) is 0.533. The Labute approximate surface area is 238 Å². The van der Waals surface area contributed by atoms with Crippen LogP contribution < -0.4 is 10.2 Å². The van der Waals surface area contributed by atoms with Crippen molar-refractivity contribution in [2.75, 3.05) is 56.5 Å². The normalized spacial score (nSPS) is 20.6. The van der Waals surface area contributed by atoms with Gasteiger partial charge in [0.15, 0.2) is 5.65 Å². The molecule has 1 amide bonds. The molecule has 3 aromatic rings. The number of allylic oxidation sites excluding steroid dienone is 3. The van der Waals surface area contributed by atoms with E-state index < -0.39 is 0 Å². The van der Waals surface area contributed by atoms with Gasteiger partial charge in [-0.3, -0.25) is 9.48 Å². The van der Waals surface area contributed by atoms with Gasteiger partial charge in [0.1, 0.15) is 6.54 Å². The standard InChI is InChI=1S/C23H31N9O.C5H8.C2H6/c1-28-7-9-29(10-8-28)21(33)16-31-15-19(12-24-31)25-23-26-22-20(3-2-6-32(22)27-23)30-13-17-4-5-18(11-17)14-30;1-3-5-4-2;1-2/h2-3,6,12,15,17-18H,4-5,7-11,13-14,16H2,1H3,(H,25,27);3-5H,1H2,2H3;1-2H3/b;5-4-;. The van der Waals surface area contributed by atoms with Crippen molar-refractivity contribution in [3.05, 3.63) is 55.5 Å². The highest BCUT2D eigenvalue weighted by atomic mass is 16.2. The molecular weight excluding hydrogens is 502 g/mol. The molecule has 2 saturated heterocycles. The Kier molecular flexibility index (Phi) is 10.3. The predicted octanol–water partition coefficient (Wildman–Crippen LogP) is 4.45. The van der Waals surface area contributed by atoms with Gasteiger partial charge in [0.25, 0.3) is 0 Å². The summed E-state index contributed by atoms with van der Waals surface area (Å²) in [6.07, 6.45) is 15.1. The molecule has 10 nitrogen and oxygen atoms in total. The van der Waals surface area contributed by atoms with Gasteiger partial charge in [0.2, 0.25) is 11.9 Å². The molecule has 2 aliphatic heterocycles. The van der Waals surface area contributed by atoms with E-state index in [1.54, 1.807) is 17.0 Å². The molecule has 0 spiro atoms. The van der Waals surface area contributed by atoms with E-state index in [-0.39, 0.29) is 12.5 Å². The third-order valence-corrected chi connectivity index (χ3v) is 7.66. The van der Waals surface area contributed by atoms with Crippen molar-refractivity contribution < 1.29 is 4.79 Å². The summed E-state index contributed by atoms with van der Waals surface area (Å²) in [6.45, 7) is 15.3. The number of amides is 1. The second kappa shape index (κ2) is 14.1. The molecule has 0 aromatic carbocycles. The van der Waals surface area contributed by atoms with Crippen molar-refractivity contribution in [1.29, 1.82) is 0 Å². The highest BCUT2D eigenvalue weighted by molar-refractivity contribution is 5.76. The molecule has 3 fully saturated rings. The van der Waals surface area contributed by atoms with Gasteiger partial charge in [-0.15, -0.1) is 5.10 Å². The lowest BCUT2D eigenvalue weighted by molar-refractivity contribution is -0.133. The van der Waals surface area contributed by atoms with Crippen molar-refractivity contribution in [1.82, 2.24) is 34.2 Å². The number of likely N-dealkylation sites (N-methyl/N-ethyl adjacent to an activating group) is 1. The molecule has 2 unspecified atom stereocenters. The Morgan fingerprint density at radius 3 is 2.52 bits per heavy atom. The SMILES string of the molecule is C=C/C=C\C.CC.CN1CCN(C(=O)Cn2cc(Nc3nc4c(N5CC6CCC(C6)C5)cccn4n3)cn2)CC1. The van der Waals surface area contributed by atoms with Crippen molar-refractivity contribution in [3.63, 3.8) is 0 Å². The monoisotopic (exact) mass is 547 g/mol. The second-order valence-electron chi connectivity index (χ2n) is 10.5. The Hall–Kier alpha value is -3.66. The van der Waals surface area contributed by atoms with E-state index in [2.05, 4.69) is 45.0 Å². The number of carbonyl (C=O) groups excluding carboxylic acids is 1. The number of pyridine rings is 1. The second-order valence-corrected chi connectivity index (χ2v) is 10.5. The van der Waals surface area contributed by atoms with Crippen LogP contribution in [0.25, 0.3) is 5.65 Å². The first kappa shape index (κ1) is 29.3. The van der Waals surface area contributed by atoms with E-state index in [9.17, 15) is 4.79 Å². The van der Waals surface area contributed by atoms with Gasteiger partial charge in [0, 0.05) is 51.7 Å². The zero-order valence-corrected chi connectivity index (χ0v) is 24.5. The summed E-state index contributed by atoms with van der Waals surface area (Å²) in [5.74, 6) is 2.25. The number of rotatable bonds is 6. The van der Waals surface area contributed by atoms with Gasteiger partial charge in [-0.1, -0.05) is 38.7 Å². The van der Waals surface area contributed by atoms with Gasteiger partial charge in [-0.25, -0.2) is 4.52 Å². The van der Waals surface area contributed by atoms with Crippen LogP contribution in [0.1, 0.15) is 40.0 Å². The number of aromatic nitrogens is 5. The van der Waals surface area contributed by atoms with E-state index in [4.69, 9.17) is 4.98 Å². The Bertz CT molecular complexity index is 1260. The molecule has 5 heterocycles. The Morgan fingerprint density at radius 1 is 1.15 bits per heavy atom. The molecule has 3 aromatic heterocycles. The Morgan fingerprint density at radius 2 is 1.88 bits per heavy atom. The van der Waals surface area contributed by atoms with E-state index in [0.29, 0.717) is 5.95 Å². The lowest BCUT2D eigenvalue weighted by atomic mass is 9.98. The number of carbonyl (C=O) groups is 1. The van der Waals surface area contributed by atoms with Gasteiger partial charge in [-0.05, 0) is 57.2 Å². The van der Waals surface area contributed by atoms with Crippen LogP contribution in [-0.4, -0.2) is 86.4 Å². The summed E-state index contributed by atoms with van der Waals surface area (Å²) < 4.78 is 3.52. The molecule has 6 rings (SSSR count). The number of nitrogens with zero attached hydrogens (tertiary/aromatic N) is 8. The highest BCUT2D eigenvalue weighted by Crippen LogP contribution is 2.39. The van der Waals surface area contributed by atoms with Crippen LogP contribution in [0.2, 0.25) is 0 Å². The molecule has 3 aliphatic rings. The first-order chi connectivity index (χ1) is 19.5. The largest absolute Gasteiger partial charge is 0.368 e. The Balaban J connectivity index is 0.000000479. The van der Waals surface area contributed by atoms with E-state index in [1.807, 2.05) is 60.8 Å². The maximum atomic E-state index is 12.6. The molecule has 0 radical (unpaired) electrons. The first-order valence-electron chi connectivity index (χ1n) is 14.6. The minimum Gasteiger partial charge on any atom is -0.368 e. The molecule has 2 atom stereocenters. The summed E-state index contributed by atoms with van der Waals surface area (Å²) in [5, 5.41) is 12.2. The quantitative estimate of drug-likeness (QED) is 0.456. The number of piperazine rings is 1. The average Bonchev–Trinajstić information content (AvgIpc) is 3.68. The zero-order chi connectivity index (χ0) is 28.5. The molecule has 216 valence electrons. The summed E-state index contributed by atoms with van der Waals surface area (Å²) in [6, 6.07) is 4.19. The van der Waals surface area contributed by atoms with Crippen LogP contribution in [0.15, 0.2) is 55.5 Å². The van der Waals surface area contributed by atoms with Gasteiger partial charge in [0.05, 0.1) is 17.6 Å². The molecule has 10 heteroatoms. The molecule has 2 bridgehead atoms. The number of hydrogen-bond acceptors (Lipinski definition) is 7. The average molecular weight is 548 g/mol. The zero-order valence-electron chi connectivity index (χ0n) is 24.5. The number of nitrogens with one attached hydrogen (secondary N) is 1. The maximum absolute atomic E-state index is 12.6. The summed E-state index contributed by atoms with van der Waals surface area (Å²) in [5.41, 5.74) is 2.80. The highest BCUT2D eigenvalue weighted by Gasteiger charge is 2.33. The van der Waals surface area contributed by atoms with Gasteiger partial charge in [-0.2, -0.15) is 10.1 Å². The van der Waals surface area contributed by atoms with Crippen molar-refractivity contribution in [2.45, 2.75) is 46.6 Å². The fourth-order valence-corrected chi connectivity index (χ4v) is 5.67. The van der Waals surface area contributed by atoms with Crippen LogP contribution in [0.4, 0.5) is 17.3 Å². The van der Waals surface area contributed by atoms with Crippen LogP contribution in [0.3, 0.4) is 0 Å². The molecule has 1 saturated carbocycles. The van der Waals surface area contributed by atoms with Crippen molar-refractivity contribution in [2.24, 2.45) is 11.8 Å². The summed E-state index contributed by atoms with van der Waals surface area (Å²) in [4.78, 5) is 24.0. The topological polar surface area (TPSA) is 86.8 Å². The molecule has 1 N–H and O–H groups in total. The molecule has 1 aliphatic carbocycles. The summed E-state index contributed by atoms with van der Waals surface area (Å²) >= 11 is 0. The van der Waals surface area contributed by atoms with E-state index in [1.165, 1.54) is 19.3 Å². The van der Waals surface area contributed by atoms with Crippen LogP contribution in [0, 0.1) is 11.8 Å². The predicted molar refractivity (Wildman–Crippen MR) is 162 cm³/mol. The lowest BCUT2D eigenvalue weighted by Gasteiger charge is -2.33. The third-order valence-electron chi connectivity index (χ3n) is 7.66. The lowest BCUT2D eigenvalue weighted by Crippen LogP contribution is -2.48. The first-order valence-corrected chi connectivity index (χ1v) is 14.6. The number of hydrogen-bond donors (Lipinski definition) is 1. The number of piperidine rings is 1. The van der Waals surface area contributed by atoms with Crippen molar-refractivity contribution in [3.8, 4) is 0 Å². The van der Waals surface area contributed by atoms with Crippen LogP contribution in [-0.2, 0) is 11.3 Å². The smallest absolute Gasteiger partial charge is 0.247 e. The third kappa shape index (κ3) is 7.29. The minimum atomic E-state index is 0.101. The van der Waals surface area contributed by atoms with Gasteiger partial charge >= 0.3 is 0 Å². The van der Waals surface area contributed by atoms with E-state index in [0.717, 1.165) is 68.1 Å². The van der Waals surface area contributed by atoms with E-state index >= 15 is 0 Å². The molecular formula is C30H45N9O. The maximum Gasteiger partial charge on any atom is 0.247 e. The fourth-order valence-electron chi connectivity index (χ4n) is 5.67. The van der Waals surface area contributed by atoms with Gasteiger partial charge < -0.3 is 20.0 Å². The molecule has 40 heavy (non-hydrogen) atoms. The van der Waals surface area contributed by atoms with Crippen LogP contribution in [0.5, 0.6) is 0 Å². The van der Waals surface area contributed by atoms with Crippen molar-refractivity contribution >= 4 is 28.9 Å². The summed E-state index contributed by atoms with van der Waals surface area (Å²) in [7, 11) is 2.08. The number of anilines is 3. The minimum absolute atomic E-state index is 0.101.